The lowest BCUT2D eigenvalue weighted by atomic mass is 9.96. The van der Waals surface area contributed by atoms with E-state index in [2.05, 4.69) is 0 Å². The molecule has 13 nitrogen and oxygen atoms in total. The lowest BCUT2D eigenvalue weighted by Gasteiger charge is -2.47. The number of benzene rings is 1. The molecule has 2 aliphatic rings. The number of phenolic OH excluding ortho intramolecular Hbond substituents is 1. The summed E-state index contributed by atoms with van der Waals surface area (Å²) in [5, 5.41) is 33.2. The molecule has 0 bridgehead atoms. The molecule has 3 rings (SSSR count). The Morgan fingerprint density at radius 1 is 0.787 bits per heavy atom. The predicted octanol–water partition coefficient (Wildman–Crippen LogP) is 3.49. The maximum atomic E-state index is 13.2. The number of rotatable bonds is 10. The molecular weight excluding hydrogens is 616 g/mol. The molecule has 0 aromatic heterocycles. The van der Waals surface area contributed by atoms with E-state index in [1.54, 1.807) is 52.8 Å². The third-order valence-electron chi connectivity index (χ3n) is 8.31. The molecule has 2 aliphatic heterocycles. The Balaban J connectivity index is 2.06. The molecule has 13 heteroatoms. The van der Waals surface area contributed by atoms with Gasteiger partial charge in [0.1, 0.15) is 18.3 Å². The van der Waals surface area contributed by atoms with Crippen LogP contribution in [0.4, 0.5) is 0 Å². The molecule has 0 aliphatic carbocycles. The monoisotopic (exact) mass is 664 g/mol. The van der Waals surface area contributed by atoms with Crippen LogP contribution in [0.25, 0.3) is 0 Å². The number of esters is 3. The second kappa shape index (κ2) is 16.1. The van der Waals surface area contributed by atoms with Gasteiger partial charge in [-0.3, -0.25) is 4.79 Å². The largest absolute Gasteiger partial charge is 0.504 e. The van der Waals surface area contributed by atoms with Crippen LogP contribution >= 0.6 is 0 Å². The summed E-state index contributed by atoms with van der Waals surface area (Å²) in [4.78, 5) is 37.9. The van der Waals surface area contributed by atoms with E-state index in [1.165, 1.54) is 26.8 Å². The van der Waals surface area contributed by atoms with Gasteiger partial charge in [0.15, 0.2) is 36.1 Å². The highest BCUT2D eigenvalue weighted by atomic mass is 16.8. The summed E-state index contributed by atoms with van der Waals surface area (Å²) in [5.74, 6) is -2.28. The highest BCUT2D eigenvalue weighted by molar-refractivity contribution is 5.88. The van der Waals surface area contributed by atoms with E-state index < -0.39 is 79.3 Å². The van der Waals surface area contributed by atoms with E-state index in [1.807, 2.05) is 13.8 Å². The molecule has 0 spiro atoms. The molecule has 47 heavy (non-hydrogen) atoms. The van der Waals surface area contributed by atoms with Crippen LogP contribution in [0.5, 0.6) is 11.5 Å². The zero-order chi connectivity index (χ0) is 35.3. The summed E-state index contributed by atoms with van der Waals surface area (Å²) in [7, 11) is 0. The Morgan fingerprint density at radius 2 is 1.32 bits per heavy atom. The molecular formula is C34H48O13. The van der Waals surface area contributed by atoms with E-state index in [0.29, 0.717) is 16.7 Å². The summed E-state index contributed by atoms with van der Waals surface area (Å²) in [6.45, 7) is 16.2. The van der Waals surface area contributed by atoms with Crippen LogP contribution in [0.2, 0.25) is 0 Å². The van der Waals surface area contributed by atoms with Gasteiger partial charge in [0.2, 0.25) is 6.29 Å². The van der Waals surface area contributed by atoms with Gasteiger partial charge >= 0.3 is 17.9 Å². The van der Waals surface area contributed by atoms with Gasteiger partial charge in [-0.2, -0.15) is 0 Å². The van der Waals surface area contributed by atoms with Crippen molar-refractivity contribution in [3.05, 3.63) is 46.6 Å². The lowest BCUT2D eigenvalue weighted by Crippen LogP contribution is -2.65. The van der Waals surface area contributed by atoms with Gasteiger partial charge in [0.25, 0.3) is 0 Å². The quantitative estimate of drug-likeness (QED) is 0.188. The van der Waals surface area contributed by atoms with Crippen LogP contribution < -0.4 is 4.74 Å². The van der Waals surface area contributed by atoms with Crippen LogP contribution in [-0.2, 0) is 42.8 Å². The first-order chi connectivity index (χ1) is 22.0. The highest BCUT2D eigenvalue weighted by Gasteiger charge is 2.54. The number of hydrogen-bond donors (Lipinski definition) is 3. The van der Waals surface area contributed by atoms with E-state index in [4.69, 9.17) is 33.2 Å². The van der Waals surface area contributed by atoms with E-state index >= 15 is 0 Å². The Hall–Kier alpha value is -3.49. The second-order valence-electron chi connectivity index (χ2n) is 12.2. The number of carbonyl (C=O) groups excluding carboxylic acids is 3. The van der Waals surface area contributed by atoms with Crippen molar-refractivity contribution in [1.29, 1.82) is 0 Å². The number of aliphatic hydroxyl groups excluding tert-OH is 2. The maximum Gasteiger partial charge on any atom is 0.333 e. The number of aliphatic hydroxyl groups is 2. The zero-order valence-corrected chi connectivity index (χ0v) is 28.6. The van der Waals surface area contributed by atoms with Gasteiger partial charge in [-0.1, -0.05) is 38.1 Å². The average Bonchev–Trinajstić information content (AvgIpc) is 3.01. The average molecular weight is 665 g/mol. The lowest BCUT2D eigenvalue weighted by molar-refractivity contribution is -0.348. The fraction of sp³-hybridized carbons (Fsp3) is 0.618. The molecule has 1 aromatic rings. The molecule has 0 saturated carbocycles. The van der Waals surface area contributed by atoms with Gasteiger partial charge in [0, 0.05) is 23.6 Å². The van der Waals surface area contributed by atoms with E-state index in [9.17, 15) is 29.7 Å². The normalized spacial score (nSPS) is 31.7. The molecule has 10 unspecified atom stereocenters. The summed E-state index contributed by atoms with van der Waals surface area (Å²) < 4.78 is 41.4. The number of aryl methyl sites for hydroxylation is 1. The van der Waals surface area contributed by atoms with Crippen LogP contribution in [-0.4, -0.2) is 94.6 Å². The third-order valence-corrected chi connectivity index (χ3v) is 8.31. The second-order valence-corrected chi connectivity index (χ2v) is 12.2. The minimum Gasteiger partial charge on any atom is -0.504 e. The van der Waals surface area contributed by atoms with Crippen molar-refractivity contribution in [2.24, 2.45) is 0 Å². The van der Waals surface area contributed by atoms with Crippen molar-refractivity contribution in [3.63, 3.8) is 0 Å². The number of phenols is 1. The molecule has 262 valence electrons. The van der Waals surface area contributed by atoms with Gasteiger partial charge in [-0.15, -0.1) is 0 Å². The molecule has 10 atom stereocenters. The molecule has 1 aromatic carbocycles. The van der Waals surface area contributed by atoms with Crippen molar-refractivity contribution in [3.8, 4) is 11.5 Å². The molecule has 0 radical (unpaired) electrons. The molecule has 2 fully saturated rings. The number of aromatic hydroxyl groups is 1. The Bertz CT molecular complexity index is 1350. The predicted molar refractivity (Wildman–Crippen MR) is 167 cm³/mol. The molecule has 2 saturated heterocycles. The first-order valence-electron chi connectivity index (χ1n) is 15.7. The van der Waals surface area contributed by atoms with Crippen molar-refractivity contribution >= 4 is 17.9 Å². The maximum absolute atomic E-state index is 13.2. The number of allylic oxidation sites excluding steroid dienone is 2. The highest BCUT2D eigenvalue weighted by Crippen LogP contribution is 2.41. The SMILES string of the molecule is CC=C(C)C(=O)OC1C(C)OC(OC2C(OC(C)=O)C(C)OC(Oc3c(C(C)C)ccc(C)c3O)C2OC(=O)C(C)=CC)C(O)C1O. The van der Waals surface area contributed by atoms with Gasteiger partial charge in [0.05, 0.1) is 12.2 Å². The Kier molecular flexibility index (Phi) is 13.0. The fourth-order valence-corrected chi connectivity index (χ4v) is 5.19. The van der Waals surface area contributed by atoms with Crippen LogP contribution in [0, 0.1) is 6.92 Å². The topological polar surface area (TPSA) is 177 Å². The summed E-state index contributed by atoms with van der Waals surface area (Å²) in [5.41, 5.74) is 1.71. The number of ether oxygens (including phenoxy) is 7. The molecule has 0 amide bonds. The van der Waals surface area contributed by atoms with Crippen molar-refractivity contribution < 1.29 is 62.9 Å². The minimum absolute atomic E-state index is 0.0861. The smallest absolute Gasteiger partial charge is 0.333 e. The van der Waals surface area contributed by atoms with Crippen LogP contribution in [0.15, 0.2) is 35.4 Å². The van der Waals surface area contributed by atoms with E-state index in [-0.39, 0.29) is 23.0 Å². The van der Waals surface area contributed by atoms with Crippen LogP contribution in [0.1, 0.15) is 79.4 Å². The number of hydrogen-bond acceptors (Lipinski definition) is 13. The van der Waals surface area contributed by atoms with Crippen molar-refractivity contribution in [2.45, 2.75) is 137 Å². The summed E-state index contributed by atoms with van der Waals surface area (Å²) in [6.07, 6.45) is -10.5. The molecule has 2 heterocycles. The summed E-state index contributed by atoms with van der Waals surface area (Å²) >= 11 is 0. The Labute approximate surface area is 275 Å². The summed E-state index contributed by atoms with van der Waals surface area (Å²) in [6, 6.07) is 3.55. The molecule has 3 N–H and O–H groups in total. The van der Waals surface area contributed by atoms with Crippen molar-refractivity contribution in [2.75, 3.05) is 0 Å². The third kappa shape index (κ3) is 8.71. The standard InChI is InChI=1S/C34H48O13/c1-11-16(5)31(39)44-26-19(8)41-33(25(38)24(26)37)47-29-27(43-21(10)35)20(9)42-34(30(29)45-32(40)17(6)12-2)46-28-22(15(3)4)14-13-18(7)23(28)36/h11-15,19-20,24-27,29-30,33-34,36-38H,1-10H3. The van der Waals surface area contributed by atoms with Gasteiger partial charge in [-0.25, -0.2) is 9.59 Å². The van der Waals surface area contributed by atoms with Gasteiger partial charge < -0.3 is 48.5 Å². The number of carbonyl (C=O) groups is 3. The zero-order valence-electron chi connectivity index (χ0n) is 28.6. The minimum atomic E-state index is -1.76. The van der Waals surface area contributed by atoms with Crippen molar-refractivity contribution in [1.82, 2.24) is 0 Å². The van der Waals surface area contributed by atoms with E-state index in [0.717, 1.165) is 0 Å². The Morgan fingerprint density at radius 3 is 1.85 bits per heavy atom. The van der Waals surface area contributed by atoms with Gasteiger partial charge in [-0.05, 0) is 59.9 Å². The van der Waals surface area contributed by atoms with Crippen LogP contribution in [0.3, 0.4) is 0 Å². The first kappa shape index (κ1) is 38.0. The first-order valence-corrected chi connectivity index (χ1v) is 15.7. The fourth-order valence-electron chi connectivity index (χ4n) is 5.19.